The maximum Gasteiger partial charge on any atom is 0.0784 e. The van der Waals surface area contributed by atoms with E-state index in [2.05, 4.69) is 27.8 Å². The van der Waals surface area contributed by atoms with Gasteiger partial charge in [-0.1, -0.05) is 252 Å². The van der Waals surface area contributed by atoms with Crippen molar-refractivity contribution in [2.24, 2.45) is 0 Å². The Morgan fingerprint density at radius 2 is 0.314 bits per heavy atom. The molecule has 1 nitrogen and oxygen atoms in total. The van der Waals surface area contributed by atoms with Gasteiger partial charge in [0.25, 0.3) is 0 Å². The van der Waals surface area contributed by atoms with E-state index in [-0.39, 0.29) is 17.0 Å². The van der Waals surface area contributed by atoms with E-state index in [1.807, 2.05) is 0 Å². The fourth-order valence-corrected chi connectivity index (χ4v) is 8.40. The molecule has 0 saturated heterocycles. The highest BCUT2D eigenvalue weighted by atomic mass is 79.9. The fourth-order valence-electron chi connectivity index (χ4n) is 8.40. The number of unbranched alkanes of at least 4 members (excludes halogenated alkanes) is 39. The van der Waals surface area contributed by atoms with Crippen molar-refractivity contribution in [2.75, 3.05) is 26.7 Å². The number of rotatable bonds is 45. The van der Waals surface area contributed by atoms with E-state index in [0.717, 1.165) is 0 Å². The largest absolute Gasteiger partial charge is 1.00 e. The molecule has 0 saturated carbocycles. The first-order chi connectivity index (χ1) is 24.7. The van der Waals surface area contributed by atoms with Gasteiger partial charge in [-0.05, 0) is 38.5 Å². The van der Waals surface area contributed by atoms with Gasteiger partial charge in [-0.15, -0.1) is 0 Å². The number of hydrogen-bond donors (Lipinski definition) is 0. The van der Waals surface area contributed by atoms with E-state index in [1.165, 1.54) is 294 Å². The van der Waals surface area contributed by atoms with Crippen molar-refractivity contribution in [3.05, 3.63) is 0 Å². The van der Waals surface area contributed by atoms with Crippen molar-refractivity contribution < 1.29 is 21.5 Å². The van der Waals surface area contributed by atoms with Crippen molar-refractivity contribution >= 4 is 0 Å². The molecule has 0 atom stereocenters. The van der Waals surface area contributed by atoms with Gasteiger partial charge in [0.2, 0.25) is 0 Å². The van der Waals surface area contributed by atoms with Crippen molar-refractivity contribution in [1.82, 2.24) is 0 Å². The molecule has 0 heterocycles. The maximum atomic E-state index is 2.63. The molecule has 310 valence electrons. The third-order valence-electron chi connectivity index (χ3n) is 12.2. The van der Waals surface area contributed by atoms with Gasteiger partial charge in [0.1, 0.15) is 0 Å². The monoisotopic (exact) mass is 784 g/mol. The minimum Gasteiger partial charge on any atom is -1.00 e. The SMILES string of the molecule is CCCCCCCCCCCCCCCCCC[N+](C)(CCCCCCCCCCCC)CCCCCCCCCCCCCCCCCC.[Br-]. The van der Waals surface area contributed by atoms with Crippen molar-refractivity contribution in [2.45, 2.75) is 290 Å². The molecule has 0 fully saturated rings. The third kappa shape index (κ3) is 44.7. The summed E-state index contributed by atoms with van der Waals surface area (Å²) in [6.07, 6.45) is 61.7. The van der Waals surface area contributed by atoms with Gasteiger partial charge >= 0.3 is 0 Å². The molecule has 0 bridgehead atoms. The molecule has 0 amide bonds. The van der Waals surface area contributed by atoms with Gasteiger partial charge < -0.3 is 21.5 Å². The molecule has 0 aliphatic heterocycles. The maximum absolute atomic E-state index is 2.63. The standard InChI is InChI=1S/C49H102N.BrH/c1-5-8-11-14-17-20-23-25-27-29-31-33-36-39-42-45-48-50(4,47-44-41-38-35-22-19-16-13-10-7-3)49-46-43-40-37-34-32-30-28-26-24-21-18-15-12-9-6-2;/h5-49H2,1-4H3;1H/q+1;/p-1. The minimum absolute atomic E-state index is 0. The van der Waals surface area contributed by atoms with Crippen LogP contribution in [0.3, 0.4) is 0 Å². The van der Waals surface area contributed by atoms with Crippen LogP contribution in [0.15, 0.2) is 0 Å². The molecule has 0 rings (SSSR count). The lowest BCUT2D eigenvalue weighted by Gasteiger charge is -2.35. The summed E-state index contributed by atoms with van der Waals surface area (Å²) >= 11 is 0. The van der Waals surface area contributed by atoms with Crippen LogP contribution in [0.5, 0.6) is 0 Å². The molecule has 2 heteroatoms. The van der Waals surface area contributed by atoms with Gasteiger partial charge in [0.15, 0.2) is 0 Å². The van der Waals surface area contributed by atoms with E-state index >= 15 is 0 Å². The van der Waals surface area contributed by atoms with Crippen LogP contribution in [0, 0.1) is 0 Å². The van der Waals surface area contributed by atoms with Gasteiger partial charge in [-0.3, -0.25) is 0 Å². The van der Waals surface area contributed by atoms with Crippen LogP contribution in [-0.4, -0.2) is 31.2 Å². The number of quaternary nitrogens is 1. The second-order valence-corrected chi connectivity index (χ2v) is 17.6. The summed E-state index contributed by atoms with van der Waals surface area (Å²) in [4.78, 5) is 0. The second-order valence-electron chi connectivity index (χ2n) is 17.6. The van der Waals surface area contributed by atoms with E-state index in [4.69, 9.17) is 0 Å². The Balaban J connectivity index is 0. The molecule has 0 aromatic heterocycles. The zero-order chi connectivity index (χ0) is 36.3. The molecule has 0 N–H and O–H groups in total. The minimum atomic E-state index is 0. The summed E-state index contributed by atoms with van der Waals surface area (Å²) in [6.45, 7) is 11.3. The lowest BCUT2D eigenvalue weighted by atomic mass is 10.0. The highest BCUT2D eigenvalue weighted by Gasteiger charge is 2.20. The van der Waals surface area contributed by atoms with Crippen LogP contribution in [0.1, 0.15) is 290 Å². The fraction of sp³-hybridized carbons (Fsp3) is 1.00. The molecular formula is C49H102BrN. The molecule has 0 aromatic carbocycles. The Hall–Kier alpha value is 0.440. The van der Waals surface area contributed by atoms with Gasteiger partial charge in [0, 0.05) is 0 Å². The molecule has 0 aliphatic carbocycles. The highest BCUT2D eigenvalue weighted by molar-refractivity contribution is 4.54. The first kappa shape index (κ1) is 53.5. The zero-order valence-electron chi connectivity index (χ0n) is 36.6. The number of halogens is 1. The topological polar surface area (TPSA) is 0 Å². The molecule has 0 radical (unpaired) electrons. The molecular weight excluding hydrogens is 682 g/mol. The third-order valence-corrected chi connectivity index (χ3v) is 12.2. The molecule has 0 unspecified atom stereocenters. The first-order valence-electron chi connectivity index (χ1n) is 24.5. The summed E-state index contributed by atoms with van der Waals surface area (Å²) in [6, 6.07) is 0. The van der Waals surface area contributed by atoms with Crippen molar-refractivity contribution in [3.63, 3.8) is 0 Å². The summed E-state index contributed by atoms with van der Waals surface area (Å²) in [7, 11) is 2.63. The van der Waals surface area contributed by atoms with Crippen LogP contribution in [-0.2, 0) is 0 Å². The van der Waals surface area contributed by atoms with Crippen molar-refractivity contribution in [3.8, 4) is 0 Å². The Labute approximate surface area is 337 Å². The number of nitrogens with zero attached hydrogens (tertiary/aromatic N) is 1. The Kier molecular flexibility index (Phi) is 48.9. The molecule has 0 aliphatic rings. The van der Waals surface area contributed by atoms with Gasteiger partial charge in [-0.25, -0.2) is 0 Å². The lowest BCUT2D eigenvalue weighted by Crippen LogP contribution is -3.00. The summed E-state index contributed by atoms with van der Waals surface area (Å²) in [5.41, 5.74) is 0. The normalized spacial score (nSPS) is 11.8. The average Bonchev–Trinajstić information content (AvgIpc) is 3.12. The van der Waals surface area contributed by atoms with Gasteiger partial charge in [0.05, 0.1) is 26.7 Å². The first-order valence-corrected chi connectivity index (χ1v) is 24.5. The van der Waals surface area contributed by atoms with Crippen LogP contribution < -0.4 is 17.0 Å². The van der Waals surface area contributed by atoms with Crippen LogP contribution in [0.4, 0.5) is 0 Å². The van der Waals surface area contributed by atoms with Crippen LogP contribution >= 0.6 is 0 Å². The van der Waals surface area contributed by atoms with E-state index < -0.39 is 0 Å². The highest BCUT2D eigenvalue weighted by Crippen LogP contribution is 2.19. The smallest absolute Gasteiger partial charge is 0.0784 e. The molecule has 0 spiro atoms. The predicted molar refractivity (Wildman–Crippen MR) is 232 cm³/mol. The van der Waals surface area contributed by atoms with Crippen molar-refractivity contribution in [1.29, 1.82) is 0 Å². The van der Waals surface area contributed by atoms with Crippen LogP contribution in [0.2, 0.25) is 0 Å². The second kappa shape index (κ2) is 46.6. The Bertz CT molecular complexity index is 555. The van der Waals surface area contributed by atoms with E-state index in [0.29, 0.717) is 0 Å². The van der Waals surface area contributed by atoms with E-state index in [1.54, 1.807) is 0 Å². The average molecular weight is 785 g/mol. The van der Waals surface area contributed by atoms with Crippen LogP contribution in [0.25, 0.3) is 0 Å². The summed E-state index contributed by atoms with van der Waals surface area (Å²) < 4.78 is 1.37. The summed E-state index contributed by atoms with van der Waals surface area (Å²) in [5.74, 6) is 0. The Morgan fingerprint density at radius 3 is 0.451 bits per heavy atom. The Morgan fingerprint density at radius 1 is 0.196 bits per heavy atom. The predicted octanol–water partition coefficient (Wildman–Crippen LogP) is 14.9. The number of hydrogen-bond acceptors (Lipinski definition) is 0. The lowest BCUT2D eigenvalue weighted by molar-refractivity contribution is -0.910. The molecule has 51 heavy (non-hydrogen) atoms. The molecule has 0 aromatic rings. The van der Waals surface area contributed by atoms with E-state index in [9.17, 15) is 0 Å². The summed E-state index contributed by atoms with van der Waals surface area (Å²) in [5, 5.41) is 0. The van der Waals surface area contributed by atoms with Gasteiger partial charge in [-0.2, -0.15) is 0 Å². The zero-order valence-corrected chi connectivity index (χ0v) is 38.2. The quantitative estimate of drug-likeness (QED) is 0.0426.